The number of carboxylic acid groups (broad SMARTS) is 1. The van der Waals surface area contributed by atoms with Gasteiger partial charge < -0.3 is 5.11 Å². The van der Waals surface area contributed by atoms with Crippen molar-refractivity contribution in [3.63, 3.8) is 0 Å². The van der Waals surface area contributed by atoms with Gasteiger partial charge >= 0.3 is 5.97 Å². The Balaban J connectivity index is 2.79. The molecule has 3 nitrogen and oxygen atoms in total. The molecule has 0 aliphatic rings. The Labute approximate surface area is 87.7 Å². The highest BCUT2D eigenvalue weighted by atomic mass is 35.5. The van der Waals surface area contributed by atoms with E-state index in [2.05, 4.69) is 4.98 Å². The van der Waals surface area contributed by atoms with Crippen LogP contribution in [0.15, 0.2) is 18.3 Å². The van der Waals surface area contributed by atoms with E-state index in [9.17, 15) is 4.79 Å². The summed E-state index contributed by atoms with van der Waals surface area (Å²) in [5.41, 5.74) is -0.0531. The maximum atomic E-state index is 10.8. The van der Waals surface area contributed by atoms with Crippen LogP contribution in [0.5, 0.6) is 0 Å². The Kier molecular flexibility index (Phi) is 3.11. The molecule has 1 N–H and O–H groups in total. The fourth-order valence-electron chi connectivity index (χ4n) is 1.04. The van der Waals surface area contributed by atoms with Crippen molar-refractivity contribution in [2.45, 2.75) is 20.3 Å². The minimum Gasteiger partial charge on any atom is -0.481 e. The Hall–Kier alpha value is -1.09. The standard InChI is InChI=1S/C10H12ClNO2/c1-10(2,9(13)14)5-8-4-3-7(11)6-12-8/h3-4,6H,5H2,1-2H3,(H,13,14). The number of hydrogen-bond acceptors (Lipinski definition) is 2. The number of carbonyl (C=O) groups is 1. The molecular formula is C10H12ClNO2. The molecule has 0 aliphatic heterocycles. The minimum atomic E-state index is -0.825. The third-order valence-corrected chi connectivity index (χ3v) is 2.21. The lowest BCUT2D eigenvalue weighted by atomic mass is 9.88. The molecule has 1 aromatic rings. The number of aliphatic carboxylic acids is 1. The third kappa shape index (κ3) is 2.70. The third-order valence-electron chi connectivity index (χ3n) is 1.99. The SMILES string of the molecule is CC(C)(Cc1ccc(Cl)cn1)C(=O)O. The normalized spacial score (nSPS) is 11.4. The van der Waals surface area contributed by atoms with E-state index in [-0.39, 0.29) is 0 Å². The van der Waals surface area contributed by atoms with Crippen LogP contribution in [0.3, 0.4) is 0 Å². The van der Waals surface area contributed by atoms with Gasteiger partial charge in [-0.15, -0.1) is 0 Å². The van der Waals surface area contributed by atoms with Gasteiger partial charge in [0.05, 0.1) is 10.4 Å². The van der Waals surface area contributed by atoms with Crippen molar-refractivity contribution in [3.05, 3.63) is 29.0 Å². The van der Waals surface area contributed by atoms with Crippen LogP contribution in [-0.4, -0.2) is 16.1 Å². The molecular weight excluding hydrogens is 202 g/mol. The first-order valence-electron chi connectivity index (χ1n) is 4.25. The average Bonchev–Trinajstić information content (AvgIpc) is 2.08. The predicted octanol–water partition coefficient (Wildman–Crippen LogP) is 2.39. The first-order valence-corrected chi connectivity index (χ1v) is 4.63. The first kappa shape index (κ1) is 11.0. The molecule has 0 fully saturated rings. The fraction of sp³-hybridized carbons (Fsp3) is 0.400. The summed E-state index contributed by atoms with van der Waals surface area (Å²) in [4.78, 5) is 14.9. The second-order valence-corrected chi connectivity index (χ2v) is 4.27. The minimum absolute atomic E-state index is 0.402. The number of aromatic nitrogens is 1. The van der Waals surface area contributed by atoms with E-state index in [0.717, 1.165) is 5.69 Å². The molecule has 0 unspecified atom stereocenters. The van der Waals surface area contributed by atoms with Gasteiger partial charge in [0.25, 0.3) is 0 Å². The van der Waals surface area contributed by atoms with Gasteiger partial charge in [-0.3, -0.25) is 9.78 Å². The second kappa shape index (κ2) is 3.96. The van der Waals surface area contributed by atoms with Crippen molar-refractivity contribution in [2.75, 3.05) is 0 Å². The molecule has 0 saturated carbocycles. The molecule has 76 valence electrons. The Morgan fingerprint density at radius 2 is 2.21 bits per heavy atom. The van der Waals surface area contributed by atoms with Gasteiger partial charge in [0.2, 0.25) is 0 Å². The van der Waals surface area contributed by atoms with E-state index in [1.165, 1.54) is 6.20 Å². The monoisotopic (exact) mass is 213 g/mol. The zero-order chi connectivity index (χ0) is 10.8. The highest BCUT2D eigenvalue weighted by Crippen LogP contribution is 2.21. The van der Waals surface area contributed by atoms with Crippen LogP contribution in [0.2, 0.25) is 5.02 Å². The number of pyridine rings is 1. The van der Waals surface area contributed by atoms with E-state index in [0.29, 0.717) is 11.4 Å². The van der Waals surface area contributed by atoms with Gasteiger partial charge in [-0.2, -0.15) is 0 Å². The lowest BCUT2D eigenvalue weighted by molar-refractivity contribution is -0.146. The Morgan fingerprint density at radius 1 is 1.57 bits per heavy atom. The summed E-state index contributed by atoms with van der Waals surface area (Å²) in [7, 11) is 0. The van der Waals surface area contributed by atoms with Crippen LogP contribution in [0.4, 0.5) is 0 Å². The molecule has 0 aliphatic carbocycles. The summed E-state index contributed by atoms with van der Waals surface area (Å²) in [5.74, 6) is -0.825. The molecule has 1 heterocycles. The first-order chi connectivity index (χ1) is 6.42. The van der Waals surface area contributed by atoms with Crippen LogP contribution in [0, 0.1) is 5.41 Å². The highest BCUT2D eigenvalue weighted by molar-refractivity contribution is 6.30. The lowest BCUT2D eigenvalue weighted by Crippen LogP contribution is -2.26. The summed E-state index contributed by atoms with van der Waals surface area (Å²) in [5, 5.41) is 9.46. The van der Waals surface area contributed by atoms with Crippen LogP contribution in [-0.2, 0) is 11.2 Å². The number of hydrogen-bond donors (Lipinski definition) is 1. The van der Waals surface area contributed by atoms with Crippen LogP contribution in [0.25, 0.3) is 0 Å². The van der Waals surface area contributed by atoms with E-state index in [1.807, 2.05) is 0 Å². The number of nitrogens with zero attached hydrogens (tertiary/aromatic N) is 1. The Bertz CT molecular complexity index is 332. The zero-order valence-corrected chi connectivity index (χ0v) is 8.88. The van der Waals surface area contributed by atoms with Crippen LogP contribution < -0.4 is 0 Å². The largest absolute Gasteiger partial charge is 0.481 e. The number of carboxylic acids is 1. The molecule has 1 aromatic heterocycles. The van der Waals surface area contributed by atoms with Gasteiger partial charge in [-0.05, 0) is 26.0 Å². The van der Waals surface area contributed by atoms with Crippen molar-refractivity contribution in [2.24, 2.45) is 5.41 Å². The smallest absolute Gasteiger partial charge is 0.309 e. The molecule has 0 spiro atoms. The average molecular weight is 214 g/mol. The van der Waals surface area contributed by atoms with Crippen molar-refractivity contribution in [1.82, 2.24) is 4.98 Å². The van der Waals surface area contributed by atoms with Gasteiger partial charge in [-0.1, -0.05) is 11.6 Å². The van der Waals surface area contributed by atoms with Crippen molar-refractivity contribution in [3.8, 4) is 0 Å². The summed E-state index contributed by atoms with van der Waals surface area (Å²) in [6, 6.07) is 3.45. The summed E-state index contributed by atoms with van der Waals surface area (Å²) < 4.78 is 0. The predicted molar refractivity (Wildman–Crippen MR) is 54.4 cm³/mol. The number of rotatable bonds is 3. The van der Waals surface area contributed by atoms with Gasteiger partial charge in [0.15, 0.2) is 0 Å². The van der Waals surface area contributed by atoms with Crippen molar-refractivity contribution >= 4 is 17.6 Å². The molecule has 0 atom stereocenters. The molecule has 0 amide bonds. The van der Waals surface area contributed by atoms with Crippen molar-refractivity contribution in [1.29, 1.82) is 0 Å². The van der Waals surface area contributed by atoms with Crippen LogP contribution in [0.1, 0.15) is 19.5 Å². The molecule has 4 heteroatoms. The molecule has 0 radical (unpaired) electrons. The number of halogens is 1. The van der Waals surface area contributed by atoms with Crippen LogP contribution >= 0.6 is 11.6 Å². The molecule has 0 aromatic carbocycles. The van der Waals surface area contributed by atoms with E-state index < -0.39 is 11.4 Å². The van der Waals surface area contributed by atoms with E-state index in [1.54, 1.807) is 26.0 Å². The second-order valence-electron chi connectivity index (χ2n) is 3.83. The molecule has 0 bridgehead atoms. The van der Waals surface area contributed by atoms with Gasteiger partial charge in [0, 0.05) is 18.3 Å². The molecule has 0 saturated heterocycles. The Morgan fingerprint density at radius 3 is 2.64 bits per heavy atom. The van der Waals surface area contributed by atoms with Crippen molar-refractivity contribution < 1.29 is 9.90 Å². The summed E-state index contributed by atoms with van der Waals surface area (Å²) in [6.45, 7) is 3.34. The maximum absolute atomic E-state index is 10.8. The van der Waals surface area contributed by atoms with Gasteiger partial charge in [0.1, 0.15) is 0 Å². The molecule has 14 heavy (non-hydrogen) atoms. The molecule has 1 rings (SSSR count). The van der Waals surface area contributed by atoms with E-state index in [4.69, 9.17) is 16.7 Å². The van der Waals surface area contributed by atoms with E-state index >= 15 is 0 Å². The summed E-state index contributed by atoms with van der Waals surface area (Å²) >= 11 is 5.67. The quantitative estimate of drug-likeness (QED) is 0.839. The topological polar surface area (TPSA) is 50.2 Å². The lowest BCUT2D eigenvalue weighted by Gasteiger charge is -2.17. The highest BCUT2D eigenvalue weighted by Gasteiger charge is 2.27. The van der Waals surface area contributed by atoms with Gasteiger partial charge in [-0.25, -0.2) is 0 Å². The zero-order valence-electron chi connectivity index (χ0n) is 8.12. The fourth-order valence-corrected chi connectivity index (χ4v) is 1.15. The summed E-state index contributed by atoms with van der Waals surface area (Å²) in [6.07, 6.45) is 1.92. The maximum Gasteiger partial charge on any atom is 0.309 e.